The Kier molecular flexibility index (Phi) is 4.92. The van der Waals surface area contributed by atoms with Crippen LogP contribution in [0, 0.1) is 3.57 Å². The molecule has 0 aromatic heterocycles. The van der Waals surface area contributed by atoms with Gasteiger partial charge in [-0.3, -0.25) is 0 Å². The summed E-state index contributed by atoms with van der Waals surface area (Å²) in [5.74, 6) is 0. The molecule has 0 spiro atoms. The van der Waals surface area contributed by atoms with Crippen LogP contribution >= 0.6 is 50.1 Å². The molecule has 2 aromatic carbocycles. The predicted molar refractivity (Wildman–Crippen MR) is 90.3 cm³/mol. The molecule has 1 nitrogen and oxygen atoms in total. The molecule has 18 heavy (non-hydrogen) atoms. The number of halogens is 3. The summed E-state index contributed by atoms with van der Waals surface area (Å²) in [6, 6.07) is 14.6. The molecule has 2 aromatic rings. The highest BCUT2D eigenvalue weighted by Crippen LogP contribution is 2.27. The third kappa shape index (κ3) is 3.62. The van der Waals surface area contributed by atoms with E-state index in [4.69, 9.17) is 11.6 Å². The minimum atomic E-state index is 0.259. The number of benzene rings is 2. The van der Waals surface area contributed by atoms with E-state index in [0.29, 0.717) is 0 Å². The summed E-state index contributed by atoms with van der Waals surface area (Å²) in [6.07, 6.45) is 0. The first kappa shape index (κ1) is 14.2. The Morgan fingerprint density at radius 3 is 2.44 bits per heavy atom. The van der Waals surface area contributed by atoms with Crippen LogP contribution in [0.15, 0.2) is 46.9 Å². The number of rotatable bonds is 3. The largest absolute Gasteiger partial charge is 0.378 e. The standard InChI is InChI=1S/C14H12BrClIN/c1-9(10-2-4-11(17)5-3-10)18-12-6-7-14(16)13(15)8-12/h2-9,18H,1H3. The first-order valence-corrected chi connectivity index (χ1v) is 7.78. The minimum absolute atomic E-state index is 0.259. The molecule has 4 heteroatoms. The molecular weight excluding hydrogens is 424 g/mol. The fourth-order valence-electron chi connectivity index (χ4n) is 1.67. The van der Waals surface area contributed by atoms with Gasteiger partial charge in [0, 0.05) is 19.8 Å². The fourth-order valence-corrected chi connectivity index (χ4v) is 2.53. The van der Waals surface area contributed by atoms with Crippen LogP contribution in [0.25, 0.3) is 0 Å². The van der Waals surface area contributed by atoms with Crippen molar-refractivity contribution in [2.45, 2.75) is 13.0 Å². The number of hydrogen-bond donors (Lipinski definition) is 1. The van der Waals surface area contributed by atoms with Crippen molar-refractivity contribution in [1.29, 1.82) is 0 Å². The van der Waals surface area contributed by atoms with Crippen molar-refractivity contribution in [2.24, 2.45) is 0 Å². The third-order valence-corrected chi connectivity index (χ3v) is 4.61. The quantitative estimate of drug-likeness (QED) is 0.593. The lowest BCUT2D eigenvalue weighted by atomic mass is 10.1. The summed E-state index contributed by atoms with van der Waals surface area (Å²) < 4.78 is 2.15. The monoisotopic (exact) mass is 435 g/mol. The van der Waals surface area contributed by atoms with Crippen molar-refractivity contribution >= 4 is 55.8 Å². The van der Waals surface area contributed by atoms with Crippen LogP contribution in [-0.4, -0.2) is 0 Å². The Bertz CT molecular complexity index is 542. The van der Waals surface area contributed by atoms with Crippen molar-refractivity contribution in [3.05, 3.63) is 61.1 Å². The van der Waals surface area contributed by atoms with Crippen LogP contribution in [0.1, 0.15) is 18.5 Å². The van der Waals surface area contributed by atoms with Crippen molar-refractivity contribution in [3.63, 3.8) is 0 Å². The van der Waals surface area contributed by atoms with Crippen molar-refractivity contribution in [1.82, 2.24) is 0 Å². The number of nitrogens with one attached hydrogen (secondary N) is 1. The SMILES string of the molecule is CC(Nc1ccc(Cl)c(Br)c1)c1ccc(I)cc1. The van der Waals surface area contributed by atoms with Crippen molar-refractivity contribution in [3.8, 4) is 0 Å². The molecule has 0 heterocycles. The van der Waals surface area contributed by atoms with Gasteiger partial charge in [0.25, 0.3) is 0 Å². The summed E-state index contributed by atoms with van der Waals surface area (Å²) in [5.41, 5.74) is 2.32. The summed E-state index contributed by atoms with van der Waals surface area (Å²) in [4.78, 5) is 0. The second kappa shape index (κ2) is 6.26. The first-order chi connectivity index (χ1) is 8.56. The van der Waals surface area contributed by atoms with E-state index >= 15 is 0 Å². The van der Waals surface area contributed by atoms with Crippen LogP contribution in [0.3, 0.4) is 0 Å². The maximum Gasteiger partial charge on any atom is 0.0549 e. The molecule has 94 valence electrons. The minimum Gasteiger partial charge on any atom is -0.378 e. The normalized spacial score (nSPS) is 12.2. The lowest BCUT2D eigenvalue weighted by Gasteiger charge is -2.16. The van der Waals surface area contributed by atoms with Crippen molar-refractivity contribution < 1.29 is 0 Å². The first-order valence-electron chi connectivity index (χ1n) is 5.53. The van der Waals surface area contributed by atoms with Crippen LogP contribution in [-0.2, 0) is 0 Å². The van der Waals surface area contributed by atoms with Gasteiger partial charge in [0.2, 0.25) is 0 Å². The average molecular weight is 437 g/mol. The second-order valence-electron chi connectivity index (χ2n) is 4.05. The third-order valence-electron chi connectivity index (χ3n) is 2.67. The van der Waals surface area contributed by atoms with E-state index < -0.39 is 0 Å². The van der Waals surface area contributed by atoms with Crippen LogP contribution in [0.2, 0.25) is 5.02 Å². The Hall–Kier alpha value is -0.260. The van der Waals surface area contributed by atoms with Gasteiger partial charge in [-0.05, 0) is 81.3 Å². The van der Waals surface area contributed by atoms with E-state index in [2.05, 4.69) is 75.0 Å². The molecule has 0 bridgehead atoms. The zero-order valence-corrected chi connectivity index (χ0v) is 14.3. The fraction of sp³-hybridized carbons (Fsp3) is 0.143. The van der Waals surface area contributed by atoms with Gasteiger partial charge in [-0.2, -0.15) is 0 Å². The van der Waals surface area contributed by atoms with Gasteiger partial charge < -0.3 is 5.32 Å². The van der Waals surface area contributed by atoms with Crippen LogP contribution < -0.4 is 5.32 Å². The Morgan fingerprint density at radius 2 is 1.83 bits per heavy atom. The van der Waals surface area contributed by atoms with Crippen LogP contribution in [0.4, 0.5) is 5.69 Å². The van der Waals surface area contributed by atoms with Gasteiger partial charge in [0.05, 0.1) is 5.02 Å². The van der Waals surface area contributed by atoms with Gasteiger partial charge in [-0.15, -0.1) is 0 Å². The van der Waals surface area contributed by atoms with Crippen molar-refractivity contribution in [2.75, 3.05) is 5.32 Å². The topological polar surface area (TPSA) is 12.0 Å². The molecule has 0 aliphatic carbocycles. The highest BCUT2D eigenvalue weighted by molar-refractivity contribution is 14.1. The van der Waals surface area contributed by atoms with E-state index in [0.717, 1.165) is 15.2 Å². The molecule has 0 radical (unpaired) electrons. The molecule has 0 aliphatic rings. The summed E-state index contributed by atoms with van der Waals surface area (Å²) in [5, 5.41) is 4.18. The van der Waals surface area contributed by atoms with Gasteiger partial charge >= 0.3 is 0 Å². The van der Waals surface area contributed by atoms with Gasteiger partial charge in [0.15, 0.2) is 0 Å². The number of anilines is 1. The van der Waals surface area contributed by atoms with Crippen LogP contribution in [0.5, 0.6) is 0 Å². The van der Waals surface area contributed by atoms with E-state index in [9.17, 15) is 0 Å². The molecule has 0 saturated heterocycles. The van der Waals surface area contributed by atoms with E-state index in [1.165, 1.54) is 9.13 Å². The van der Waals surface area contributed by atoms with Gasteiger partial charge in [-0.1, -0.05) is 23.7 Å². The predicted octanol–water partition coefficient (Wildman–Crippen LogP) is 5.88. The number of hydrogen-bond acceptors (Lipinski definition) is 1. The zero-order valence-electron chi connectivity index (χ0n) is 9.75. The highest BCUT2D eigenvalue weighted by Gasteiger charge is 2.06. The molecule has 1 atom stereocenters. The molecule has 2 rings (SSSR count). The Balaban J connectivity index is 2.13. The molecule has 0 aliphatic heterocycles. The van der Waals surface area contributed by atoms with E-state index in [1.807, 2.05) is 18.2 Å². The summed E-state index contributed by atoms with van der Waals surface area (Å²) in [6.45, 7) is 2.14. The summed E-state index contributed by atoms with van der Waals surface area (Å²) in [7, 11) is 0. The Labute approximate surface area is 134 Å². The second-order valence-corrected chi connectivity index (χ2v) is 6.55. The highest BCUT2D eigenvalue weighted by atomic mass is 127. The van der Waals surface area contributed by atoms with E-state index in [-0.39, 0.29) is 6.04 Å². The maximum absolute atomic E-state index is 5.98. The lowest BCUT2D eigenvalue weighted by molar-refractivity contribution is 0.884. The Morgan fingerprint density at radius 1 is 1.17 bits per heavy atom. The molecule has 0 amide bonds. The average Bonchev–Trinajstić information content (AvgIpc) is 2.34. The molecule has 1 N–H and O–H groups in total. The molecule has 0 saturated carbocycles. The lowest BCUT2D eigenvalue weighted by Crippen LogP contribution is -2.06. The zero-order chi connectivity index (χ0) is 13.1. The summed E-state index contributed by atoms with van der Waals surface area (Å²) >= 11 is 11.7. The smallest absolute Gasteiger partial charge is 0.0549 e. The van der Waals surface area contributed by atoms with E-state index in [1.54, 1.807) is 0 Å². The molecule has 1 unspecified atom stereocenters. The molecule has 0 fully saturated rings. The van der Waals surface area contributed by atoms with Gasteiger partial charge in [-0.25, -0.2) is 0 Å². The maximum atomic E-state index is 5.98. The van der Waals surface area contributed by atoms with Gasteiger partial charge in [0.1, 0.15) is 0 Å². The molecular formula is C14H12BrClIN.